The maximum absolute atomic E-state index is 13.7. The van der Waals surface area contributed by atoms with Gasteiger partial charge in [0.25, 0.3) is 5.56 Å². The molecule has 2 aromatic carbocycles. The van der Waals surface area contributed by atoms with Crippen LogP contribution in [0.2, 0.25) is 0 Å². The third-order valence-electron chi connectivity index (χ3n) is 5.86. The Labute approximate surface area is 206 Å². The van der Waals surface area contributed by atoms with Crippen molar-refractivity contribution in [2.75, 3.05) is 28.4 Å². The molecule has 0 saturated heterocycles. The Bertz CT molecular complexity index is 1520. The molecule has 4 rings (SSSR count). The number of methoxy groups -OCH3 is 4. The van der Waals surface area contributed by atoms with Crippen LogP contribution in [0.15, 0.2) is 57.5 Å². The molecule has 0 bridgehead atoms. The number of ketones is 1. The molecule has 0 radical (unpaired) electrons. The highest BCUT2D eigenvalue weighted by atomic mass is 32.1. The van der Waals surface area contributed by atoms with Crippen molar-refractivity contribution in [1.82, 2.24) is 4.57 Å². The van der Waals surface area contributed by atoms with Gasteiger partial charge in [-0.3, -0.25) is 14.2 Å². The molecule has 35 heavy (non-hydrogen) atoms. The highest BCUT2D eigenvalue weighted by molar-refractivity contribution is 7.07. The van der Waals surface area contributed by atoms with Gasteiger partial charge in [-0.1, -0.05) is 11.3 Å². The quantitative estimate of drug-likeness (QED) is 0.502. The fourth-order valence-electron chi connectivity index (χ4n) is 4.19. The molecule has 0 unspecified atom stereocenters. The third kappa shape index (κ3) is 4.35. The smallest absolute Gasteiger partial charge is 0.271 e. The van der Waals surface area contributed by atoms with Crippen LogP contribution in [-0.2, 0) is 4.79 Å². The standard InChI is InChI=1S/C26H26N2O6S/c1-14-23(15(2)29)24(19-10-9-18(32-4)13-21(19)34-6)28-25(30)22(35-26(28)27-14)11-16-7-8-17(31-3)12-20(16)33-5/h7-13,24H,1-6H3/b22-11-/t24-/m0/s1. The largest absolute Gasteiger partial charge is 0.497 e. The summed E-state index contributed by atoms with van der Waals surface area (Å²) < 4.78 is 23.7. The Morgan fingerprint density at radius 2 is 1.60 bits per heavy atom. The van der Waals surface area contributed by atoms with E-state index in [1.54, 1.807) is 70.3 Å². The van der Waals surface area contributed by atoms with Gasteiger partial charge in [0.05, 0.1) is 39.0 Å². The number of Topliss-reactive ketones (excluding diaryl/α,β-unsaturated/α-hetero) is 1. The number of carbonyl (C=O) groups excluding carboxylic acids is 1. The zero-order chi connectivity index (χ0) is 25.3. The number of fused-ring (bicyclic) bond motifs is 1. The van der Waals surface area contributed by atoms with Crippen molar-refractivity contribution in [3.05, 3.63) is 78.5 Å². The van der Waals surface area contributed by atoms with Crippen LogP contribution in [0.4, 0.5) is 0 Å². The average Bonchev–Trinajstić information content (AvgIpc) is 3.16. The Morgan fingerprint density at radius 1 is 0.971 bits per heavy atom. The van der Waals surface area contributed by atoms with Crippen LogP contribution in [0, 0.1) is 0 Å². The maximum Gasteiger partial charge on any atom is 0.271 e. The van der Waals surface area contributed by atoms with Crippen LogP contribution >= 0.6 is 11.3 Å². The Kier molecular flexibility index (Phi) is 6.79. The molecule has 1 aliphatic heterocycles. The summed E-state index contributed by atoms with van der Waals surface area (Å²) in [6, 6.07) is 10.0. The van der Waals surface area contributed by atoms with Crippen molar-refractivity contribution in [2.45, 2.75) is 19.9 Å². The van der Waals surface area contributed by atoms with Crippen LogP contribution in [0.3, 0.4) is 0 Å². The van der Waals surface area contributed by atoms with E-state index in [2.05, 4.69) is 4.99 Å². The van der Waals surface area contributed by atoms with Crippen LogP contribution in [-0.4, -0.2) is 38.8 Å². The minimum atomic E-state index is -0.690. The fourth-order valence-corrected chi connectivity index (χ4v) is 5.23. The number of ether oxygens (including phenoxy) is 4. The molecule has 1 atom stereocenters. The summed E-state index contributed by atoms with van der Waals surface area (Å²) in [5.41, 5.74) is 2.13. The number of hydrogen-bond acceptors (Lipinski definition) is 8. The van der Waals surface area contributed by atoms with Gasteiger partial charge in [0.1, 0.15) is 23.0 Å². The summed E-state index contributed by atoms with van der Waals surface area (Å²) in [5.74, 6) is 2.17. The van der Waals surface area contributed by atoms with Gasteiger partial charge in [-0.25, -0.2) is 4.99 Å². The molecule has 0 N–H and O–H groups in total. The Balaban J connectivity index is 1.99. The van der Waals surface area contributed by atoms with Crippen molar-refractivity contribution in [2.24, 2.45) is 4.99 Å². The highest BCUT2D eigenvalue weighted by Crippen LogP contribution is 2.37. The molecule has 182 valence electrons. The first kappa shape index (κ1) is 24.3. The predicted octanol–water partition coefficient (Wildman–Crippen LogP) is 2.86. The summed E-state index contributed by atoms with van der Waals surface area (Å²) in [6.07, 6.45) is 1.76. The summed E-state index contributed by atoms with van der Waals surface area (Å²) in [5, 5.41) is 0. The lowest BCUT2D eigenvalue weighted by Crippen LogP contribution is -2.39. The van der Waals surface area contributed by atoms with Crippen LogP contribution in [0.1, 0.15) is 31.0 Å². The summed E-state index contributed by atoms with van der Waals surface area (Å²) in [6.45, 7) is 3.26. The van der Waals surface area contributed by atoms with Crippen LogP contribution in [0.25, 0.3) is 6.08 Å². The number of carbonyl (C=O) groups is 1. The zero-order valence-corrected chi connectivity index (χ0v) is 21.2. The fraction of sp³-hybridized carbons (Fsp3) is 0.269. The van der Waals surface area contributed by atoms with E-state index in [9.17, 15) is 9.59 Å². The zero-order valence-electron chi connectivity index (χ0n) is 20.4. The number of thiazole rings is 1. The van der Waals surface area contributed by atoms with Crippen LogP contribution < -0.4 is 33.8 Å². The number of nitrogens with zero attached hydrogens (tertiary/aromatic N) is 2. The van der Waals surface area contributed by atoms with Gasteiger partial charge < -0.3 is 18.9 Å². The molecule has 0 spiro atoms. The van der Waals surface area contributed by atoms with E-state index >= 15 is 0 Å². The van der Waals surface area contributed by atoms with Crippen molar-refractivity contribution in [3.63, 3.8) is 0 Å². The molecule has 1 aromatic heterocycles. The molecule has 8 nitrogen and oxygen atoms in total. The maximum atomic E-state index is 13.7. The molecule has 3 aromatic rings. The van der Waals surface area contributed by atoms with Crippen molar-refractivity contribution in [1.29, 1.82) is 0 Å². The van der Waals surface area contributed by atoms with E-state index in [-0.39, 0.29) is 11.3 Å². The Morgan fingerprint density at radius 3 is 2.20 bits per heavy atom. The number of hydrogen-bond donors (Lipinski definition) is 0. The SMILES string of the molecule is COc1ccc(/C=c2\sc3n(c2=O)[C@@H](c2ccc(OC)cc2OC)C(C(C)=O)=C(C)N=3)c(OC)c1. The lowest BCUT2D eigenvalue weighted by Gasteiger charge is -2.26. The first-order valence-corrected chi connectivity index (χ1v) is 11.6. The first-order chi connectivity index (χ1) is 16.8. The molecule has 0 saturated carbocycles. The number of rotatable bonds is 7. The topological polar surface area (TPSA) is 88.3 Å². The predicted molar refractivity (Wildman–Crippen MR) is 134 cm³/mol. The molecule has 0 fully saturated rings. The number of aromatic nitrogens is 1. The molecular weight excluding hydrogens is 468 g/mol. The lowest BCUT2D eigenvalue weighted by molar-refractivity contribution is -0.114. The summed E-state index contributed by atoms with van der Waals surface area (Å²) in [4.78, 5) is 31.6. The normalized spacial score (nSPS) is 15.4. The second kappa shape index (κ2) is 9.79. The van der Waals surface area contributed by atoms with Gasteiger partial charge in [0.15, 0.2) is 10.6 Å². The number of allylic oxidation sites excluding steroid dienone is 2. The van der Waals surface area contributed by atoms with Crippen molar-refractivity contribution in [3.8, 4) is 23.0 Å². The summed E-state index contributed by atoms with van der Waals surface area (Å²) in [7, 11) is 6.25. The molecule has 0 aliphatic carbocycles. The minimum absolute atomic E-state index is 0.166. The second-order valence-corrected chi connectivity index (χ2v) is 8.86. The Hall–Kier alpha value is -3.85. The second-order valence-electron chi connectivity index (χ2n) is 7.85. The van der Waals surface area contributed by atoms with Gasteiger partial charge in [-0.15, -0.1) is 0 Å². The van der Waals surface area contributed by atoms with E-state index in [0.717, 1.165) is 5.56 Å². The van der Waals surface area contributed by atoms with E-state index < -0.39 is 6.04 Å². The van der Waals surface area contributed by atoms with E-state index in [0.29, 0.717) is 49.2 Å². The van der Waals surface area contributed by atoms with Crippen LogP contribution in [0.5, 0.6) is 23.0 Å². The molecule has 9 heteroatoms. The molecular formula is C26H26N2O6S. The average molecular weight is 495 g/mol. The van der Waals surface area contributed by atoms with Crippen molar-refractivity contribution >= 4 is 23.2 Å². The van der Waals surface area contributed by atoms with E-state index in [4.69, 9.17) is 18.9 Å². The van der Waals surface area contributed by atoms with Gasteiger partial charge >= 0.3 is 0 Å². The first-order valence-electron chi connectivity index (χ1n) is 10.8. The molecule has 1 aliphatic rings. The van der Waals surface area contributed by atoms with Gasteiger partial charge in [0.2, 0.25) is 0 Å². The van der Waals surface area contributed by atoms with E-state index in [1.807, 2.05) is 12.1 Å². The lowest BCUT2D eigenvalue weighted by atomic mass is 9.92. The number of benzene rings is 2. The molecule has 0 amide bonds. The van der Waals surface area contributed by atoms with Gasteiger partial charge in [0, 0.05) is 34.5 Å². The highest BCUT2D eigenvalue weighted by Gasteiger charge is 2.32. The van der Waals surface area contributed by atoms with Gasteiger partial charge in [-0.2, -0.15) is 0 Å². The third-order valence-corrected chi connectivity index (χ3v) is 6.85. The monoisotopic (exact) mass is 494 g/mol. The van der Waals surface area contributed by atoms with Crippen molar-refractivity contribution < 1.29 is 23.7 Å². The molecule has 2 heterocycles. The van der Waals surface area contributed by atoms with E-state index in [1.165, 1.54) is 18.3 Å². The van der Waals surface area contributed by atoms with Gasteiger partial charge in [-0.05, 0) is 44.2 Å². The summed E-state index contributed by atoms with van der Waals surface area (Å²) >= 11 is 1.25. The minimum Gasteiger partial charge on any atom is -0.497 e.